The van der Waals surface area contributed by atoms with Gasteiger partial charge in [0, 0.05) is 26.3 Å². The van der Waals surface area contributed by atoms with Gasteiger partial charge in [-0.2, -0.15) is 18.2 Å². The van der Waals surface area contributed by atoms with Gasteiger partial charge in [0.15, 0.2) is 5.82 Å². The number of carbonyl (C=O) groups is 2. The van der Waals surface area contributed by atoms with E-state index < -0.39 is 29.3 Å². The molecule has 1 atom stereocenters. The molecular formula is C23H29F3N4O4. The number of hydrogen-bond acceptors (Lipinski definition) is 6. The highest BCUT2D eigenvalue weighted by atomic mass is 19.4. The molecule has 34 heavy (non-hydrogen) atoms. The van der Waals surface area contributed by atoms with Gasteiger partial charge in [-0.1, -0.05) is 49.0 Å². The lowest BCUT2D eigenvalue weighted by Crippen LogP contribution is -2.45. The molecule has 1 saturated carbocycles. The Labute approximate surface area is 195 Å². The molecule has 2 amide bonds. The number of hydrogen-bond donors (Lipinski definition) is 3. The average molecular weight is 483 g/mol. The number of amides is 2. The largest absolute Gasteiger partial charge is 0.416 e. The molecule has 0 saturated heterocycles. The number of rotatable bonds is 8. The van der Waals surface area contributed by atoms with Crippen molar-refractivity contribution < 1.29 is 32.4 Å². The van der Waals surface area contributed by atoms with Crippen molar-refractivity contribution in [3.8, 4) is 0 Å². The summed E-state index contributed by atoms with van der Waals surface area (Å²) >= 11 is 0. The van der Waals surface area contributed by atoms with E-state index in [9.17, 15) is 27.9 Å². The van der Waals surface area contributed by atoms with E-state index in [2.05, 4.69) is 20.8 Å². The molecule has 1 aliphatic carbocycles. The second-order valence-electron chi connectivity index (χ2n) is 8.59. The minimum Gasteiger partial charge on any atom is -0.387 e. The summed E-state index contributed by atoms with van der Waals surface area (Å²) in [5, 5.41) is 19.7. The van der Waals surface area contributed by atoms with Gasteiger partial charge in [-0.05, 0) is 24.5 Å². The summed E-state index contributed by atoms with van der Waals surface area (Å²) < 4.78 is 44.7. The standard InChI is InChI=1S/C23H29F3N4O4/c1-15(31)29-22(12-6-2-3-7-13-22)21-28-20(34-30-21)11-10-19(33)27-14-18(32)16-8-4-5-9-17(16)23(24,25)26/h4-5,8-9,18,32H,2-3,6-7,10-14H2,1H3,(H,27,33)(H,29,31). The number of benzene rings is 1. The quantitative estimate of drug-likeness (QED) is 0.496. The van der Waals surface area contributed by atoms with Gasteiger partial charge < -0.3 is 20.3 Å². The lowest BCUT2D eigenvalue weighted by atomic mass is 9.89. The first-order valence-corrected chi connectivity index (χ1v) is 11.3. The van der Waals surface area contributed by atoms with E-state index in [4.69, 9.17) is 4.52 Å². The summed E-state index contributed by atoms with van der Waals surface area (Å²) in [5.74, 6) is -0.0473. The van der Waals surface area contributed by atoms with Crippen LogP contribution in [0.1, 0.15) is 80.8 Å². The molecule has 8 nitrogen and oxygen atoms in total. The van der Waals surface area contributed by atoms with Crippen LogP contribution in [-0.4, -0.2) is 33.6 Å². The highest BCUT2D eigenvalue weighted by Gasteiger charge is 2.38. The molecule has 3 rings (SSSR count). The zero-order valence-electron chi connectivity index (χ0n) is 19.0. The van der Waals surface area contributed by atoms with Gasteiger partial charge in [0.1, 0.15) is 5.54 Å². The third-order valence-electron chi connectivity index (χ3n) is 5.95. The van der Waals surface area contributed by atoms with Gasteiger partial charge in [-0.3, -0.25) is 9.59 Å². The number of aromatic nitrogens is 2. The fourth-order valence-corrected chi connectivity index (χ4v) is 4.30. The Hall–Kier alpha value is -2.95. The molecule has 1 aromatic heterocycles. The molecule has 11 heteroatoms. The summed E-state index contributed by atoms with van der Waals surface area (Å²) in [6.07, 6.45) is -0.692. The molecule has 0 radical (unpaired) electrons. The predicted molar refractivity (Wildman–Crippen MR) is 115 cm³/mol. The lowest BCUT2D eigenvalue weighted by Gasteiger charge is -2.30. The molecule has 0 bridgehead atoms. The Bertz CT molecular complexity index is 985. The number of nitrogens with one attached hydrogen (secondary N) is 2. The Morgan fingerprint density at radius 1 is 1.18 bits per heavy atom. The second-order valence-corrected chi connectivity index (χ2v) is 8.59. The number of alkyl halides is 3. The van der Waals surface area contributed by atoms with Crippen LogP contribution in [0.5, 0.6) is 0 Å². The molecule has 0 spiro atoms. The Morgan fingerprint density at radius 2 is 1.85 bits per heavy atom. The van der Waals surface area contributed by atoms with E-state index in [-0.39, 0.29) is 36.7 Å². The number of nitrogens with zero attached hydrogens (tertiary/aromatic N) is 2. The maximum atomic E-state index is 13.1. The zero-order valence-corrected chi connectivity index (χ0v) is 19.0. The summed E-state index contributed by atoms with van der Waals surface area (Å²) in [6, 6.07) is 4.69. The number of carbonyl (C=O) groups excluding carboxylic acids is 2. The summed E-state index contributed by atoms with van der Waals surface area (Å²) in [4.78, 5) is 28.4. The van der Waals surface area contributed by atoms with Crippen LogP contribution in [0.4, 0.5) is 13.2 Å². The number of aliphatic hydroxyl groups excluding tert-OH is 1. The lowest BCUT2D eigenvalue weighted by molar-refractivity contribution is -0.139. The fraction of sp³-hybridized carbons (Fsp3) is 0.565. The van der Waals surface area contributed by atoms with E-state index >= 15 is 0 Å². The van der Waals surface area contributed by atoms with Crippen LogP contribution in [0.3, 0.4) is 0 Å². The van der Waals surface area contributed by atoms with Crippen LogP contribution < -0.4 is 10.6 Å². The topological polar surface area (TPSA) is 117 Å². The van der Waals surface area contributed by atoms with Gasteiger partial charge >= 0.3 is 6.18 Å². The van der Waals surface area contributed by atoms with Gasteiger partial charge in [0.05, 0.1) is 11.7 Å². The van der Waals surface area contributed by atoms with Crippen molar-refractivity contribution in [3.05, 3.63) is 47.1 Å². The van der Waals surface area contributed by atoms with Crippen LogP contribution >= 0.6 is 0 Å². The van der Waals surface area contributed by atoms with Gasteiger partial charge in [0.25, 0.3) is 0 Å². The molecule has 0 aliphatic heterocycles. The zero-order chi connectivity index (χ0) is 24.8. The molecule has 1 aliphatic rings. The van der Waals surface area contributed by atoms with Gasteiger partial charge in [0.2, 0.25) is 17.7 Å². The van der Waals surface area contributed by atoms with Gasteiger partial charge in [-0.15, -0.1) is 0 Å². The molecule has 1 unspecified atom stereocenters. The second kappa shape index (κ2) is 11.0. The summed E-state index contributed by atoms with van der Waals surface area (Å²) in [6.45, 7) is 1.08. The van der Waals surface area contributed by atoms with Crippen molar-refractivity contribution in [2.24, 2.45) is 0 Å². The van der Waals surface area contributed by atoms with Crippen LogP contribution in [0.25, 0.3) is 0 Å². The smallest absolute Gasteiger partial charge is 0.387 e. The first-order chi connectivity index (χ1) is 16.1. The number of aliphatic hydroxyl groups is 1. The van der Waals surface area contributed by atoms with Crippen molar-refractivity contribution in [3.63, 3.8) is 0 Å². The number of aryl methyl sites for hydroxylation is 1. The van der Waals surface area contributed by atoms with Crippen LogP contribution in [0.15, 0.2) is 28.8 Å². The van der Waals surface area contributed by atoms with Crippen molar-refractivity contribution in [1.82, 2.24) is 20.8 Å². The van der Waals surface area contributed by atoms with Crippen molar-refractivity contribution in [2.75, 3.05) is 6.54 Å². The van der Waals surface area contributed by atoms with Crippen LogP contribution in [-0.2, 0) is 27.7 Å². The van der Waals surface area contributed by atoms with Crippen molar-refractivity contribution in [2.45, 2.75) is 76.1 Å². The van der Waals surface area contributed by atoms with Crippen molar-refractivity contribution in [1.29, 1.82) is 0 Å². The molecular weight excluding hydrogens is 453 g/mol. The van der Waals surface area contributed by atoms with Crippen LogP contribution in [0.2, 0.25) is 0 Å². The Balaban J connectivity index is 1.56. The van der Waals surface area contributed by atoms with E-state index in [0.29, 0.717) is 18.7 Å². The SMILES string of the molecule is CC(=O)NC1(c2noc(CCC(=O)NCC(O)c3ccccc3C(F)(F)F)n2)CCCCCC1. The van der Waals surface area contributed by atoms with Crippen LogP contribution in [0, 0.1) is 0 Å². The van der Waals surface area contributed by atoms with E-state index in [1.54, 1.807) is 0 Å². The van der Waals surface area contributed by atoms with E-state index in [0.717, 1.165) is 31.7 Å². The first kappa shape index (κ1) is 25.7. The average Bonchev–Trinajstić information content (AvgIpc) is 3.15. The van der Waals surface area contributed by atoms with Crippen molar-refractivity contribution >= 4 is 11.8 Å². The van der Waals surface area contributed by atoms with E-state index in [1.165, 1.54) is 25.1 Å². The number of halogens is 3. The fourth-order valence-electron chi connectivity index (χ4n) is 4.30. The van der Waals surface area contributed by atoms with Gasteiger partial charge in [-0.25, -0.2) is 0 Å². The molecule has 1 fully saturated rings. The minimum atomic E-state index is -4.61. The summed E-state index contributed by atoms with van der Waals surface area (Å²) in [5.41, 5.74) is -1.94. The minimum absolute atomic E-state index is 0.0532. The third kappa shape index (κ3) is 6.55. The molecule has 1 heterocycles. The molecule has 1 aromatic carbocycles. The predicted octanol–water partition coefficient (Wildman–Crippen LogP) is 3.56. The monoisotopic (exact) mass is 482 g/mol. The summed E-state index contributed by atoms with van der Waals surface area (Å²) in [7, 11) is 0. The Kier molecular flexibility index (Phi) is 8.29. The molecule has 3 N–H and O–H groups in total. The van der Waals surface area contributed by atoms with E-state index in [1.807, 2.05) is 0 Å². The first-order valence-electron chi connectivity index (χ1n) is 11.3. The maximum absolute atomic E-state index is 13.1. The molecule has 2 aromatic rings. The maximum Gasteiger partial charge on any atom is 0.416 e. The highest BCUT2D eigenvalue weighted by Crippen LogP contribution is 2.35. The normalized spacial score (nSPS) is 17.0. The molecule has 186 valence electrons. The Morgan fingerprint density at radius 3 is 2.50 bits per heavy atom. The highest BCUT2D eigenvalue weighted by molar-refractivity contribution is 5.76. The third-order valence-corrected chi connectivity index (χ3v) is 5.95.